The summed E-state index contributed by atoms with van der Waals surface area (Å²) in [4.78, 5) is 3.95. The second-order valence-electron chi connectivity index (χ2n) is 3.44. The van der Waals surface area contributed by atoms with Gasteiger partial charge in [0.05, 0.1) is 11.2 Å². The molecule has 1 N–H and O–H groups in total. The molecular formula is C10H15Cl3N2O. The van der Waals surface area contributed by atoms with Gasteiger partial charge in [-0.2, -0.15) is 0 Å². The number of pyridine rings is 1. The first-order chi connectivity index (χ1) is 6.84. The molecule has 3 nitrogen and oxygen atoms in total. The van der Waals surface area contributed by atoms with Crippen LogP contribution in [0.4, 0.5) is 0 Å². The van der Waals surface area contributed by atoms with Crippen molar-refractivity contribution >= 4 is 36.4 Å². The van der Waals surface area contributed by atoms with E-state index in [1.807, 2.05) is 0 Å². The summed E-state index contributed by atoms with van der Waals surface area (Å²) in [5.41, 5.74) is 0. The van der Waals surface area contributed by atoms with Crippen molar-refractivity contribution < 1.29 is 4.74 Å². The summed E-state index contributed by atoms with van der Waals surface area (Å²) in [6, 6.07) is 2.26. The Balaban J connectivity index is 0.00000112. The molecule has 1 fully saturated rings. The van der Waals surface area contributed by atoms with E-state index in [2.05, 4.69) is 10.3 Å². The van der Waals surface area contributed by atoms with Gasteiger partial charge in [0.25, 0.3) is 0 Å². The average molecular weight is 286 g/mol. The van der Waals surface area contributed by atoms with Crippen LogP contribution in [0.3, 0.4) is 0 Å². The zero-order valence-electron chi connectivity index (χ0n) is 8.69. The largest absolute Gasteiger partial charge is 0.490 e. The minimum atomic E-state index is 0. The van der Waals surface area contributed by atoms with E-state index < -0.39 is 0 Å². The maximum atomic E-state index is 5.78. The van der Waals surface area contributed by atoms with E-state index in [9.17, 15) is 0 Å². The molecule has 0 saturated carbocycles. The molecule has 0 spiro atoms. The highest BCUT2D eigenvalue weighted by Gasteiger charge is 2.14. The molecule has 0 unspecified atom stereocenters. The molecule has 0 aromatic carbocycles. The first-order valence-electron chi connectivity index (χ1n) is 4.81. The van der Waals surface area contributed by atoms with Gasteiger partial charge in [-0.15, -0.1) is 24.8 Å². The third-order valence-corrected chi connectivity index (χ3v) is 2.50. The number of nitrogens with zero attached hydrogens (tertiary/aromatic N) is 1. The van der Waals surface area contributed by atoms with Gasteiger partial charge >= 0.3 is 0 Å². The van der Waals surface area contributed by atoms with E-state index in [1.54, 1.807) is 18.5 Å². The summed E-state index contributed by atoms with van der Waals surface area (Å²) in [7, 11) is 0. The van der Waals surface area contributed by atoms with Crippen molar-refractivity contribution in [3.05, 3.63) is 23.5 Å². The maximum absolute atomic E-state index is 5.78. The fraction of sp³-hybridized carbons (Fsp3) is 0.500. The first-order valence-corrected chi connectivity index (χ1v) is 5.19. The van der Waals surface area contributed by atoms with Gasteiger partial charge in [0.15, 0.2) is 0 Å². The number of ether oxygens (including phenoxy) is 1. The van der Waals surface area contributed by atoms with Crippen LogP contribution >= 0.6 is 36.4 Å². The number of hydrogen-bond donors (Lipinski definition) is 1. The van der Waals surface area contributed by atoms with Gasteiger partial charge in [-0.3, -0.25) is 4.98 Å². The lowest BCUT2D eigenvalue weighted by atomic mass is 10.2. The van der Waals surface area contributed by atoms with Gasteiger partial charge < -0.3 is 10.1 Å². The van der Waals surface area contributed by atoms with Gasteiger partial charge in [0.1, 0.15) is 12.4 Å². The van der Waals surface area contributed by atoms with Gasteiger partial charge in [-0.05, 0) is 19.4 Å². The Labute approximate surface area is 113 Å². The van der Waals surface area contributed by atoms with Gasteiger partial charge in [-0.1, -0.05) is 11.6 Å². The van der Waals surface area contributed by atoms with Gasteiger partial charge in [0, 0.05) is 18.3 Å². The normalized spacial score (nSPS) is 18.4. The van der Waals surface area contributed by atoms with Crippen LogP contribution in [-0.4, -0.2) is 24.2 Å². The second-order valence-corrected chi connectivity index (χ2v) is 3.88. The summed E-state index contributed by atoms with van der Waals surface area (Å²) in [5.74, 6) is 0.742. The molecule has 0 amide bonds. The van der Waals surface area contributed by atoms with Crippen LogP contribution in [0.2, 0.25) is 5.02 Å². The Hall–Kier alpha value is -0.220. The fourth-order valence-corrected chi connectivity index (χ4v) is 1.73. The number of halogens is 3. The molecule has 0 bridgehead atoms. The lowest BCUT2D eigenvalue weighted by Gasteiger charge is -2.11. The zero-order valence-corrected chi connectivity index (χ0v) is 11.1. The predicted molar refractivity (Wildman–Crippen MR) is 70.3 cm³/mol. The van der Waals surface area contributed by atoms with Crippen molar-refractivity contribution in [2.75, 3.05) is 13.2 Å². The molecule has 2 heterocycles. The van der Waals surface area contributed by atoms with Gasteiger partial charge in [-0.25, -0.2) is 0 Å². The molecule has 1 atom stereocenters. The molecule has 16 heavy (non-hydrogen) atoms. The molecule has 1 aliphatic heterocycles. The predicted octanol–water partition coefficient (Wildman–Crippen LogP) is 2.71. The molecule has 1 aliphatic rings. The Morgan fingerprint density at radius 3 is 2.88 bits per heavy atom. The van der Waals surface area contributed by atoms with Crippen LogP contribution in [0.15, 0.2) is 18.5 Å². The van der Waals surface area contributed by atoms with Crippen LogP contribution in [0.25, 0.3) is 0 Å². The van der Waals surface area contributed by atoms with Crippen LogP contribution in [0.1, 0.15) is 12.8 Å². The molecule has 2 rings (SSSR count). The van der Waals surface area contributed by atoms with Gasteiger partial charge in [0.2, 0.25) is 0 Å². The highest BCUT2D eigenvalue weighted by Crippen LogP contribution is 2.16. The zero-order chi connectivity index (χ0) is 9.80. The molecule has 0 radical (unpaired) electrons. The number of rotatable bonds is 3. The summed E-state index contributed by atoms with van der Waals surface area (Å²) >= 11 is 5.78. The molecule has 1 saturated heterocycles. The average Bonchev–Trinajstić information content (AvgIpc) is 2.67. The van der Waals surface area contributed by atoms with Crippen molar-refractivity contribution in [2.24, 2.45) is 0 Å². The van der Waals surface area contributed by atoms with Crippen molar-refractivity contribution in [1.82, 2.24) is 10.3 Å². The summed E-state index contributed by atoms with van der Waals surface area (Å²) in [6.07, 6.45) is 5.71. The molecule has 92 valence electrons. The van der Waals surface area contributed by atoms with Crippen LogP contribution < -0.4 is 10.1 Å². The molecule has 1 aromatic heterocycles. The van der Waals surface area contributed by atoms with E-state index in [1.165, 1.54) is 12.8 Å². The van der Waals surface area contributed by atoms with E-state index in [0.29, 0.717) is 17.7 Å². The quantitative estimate of drug-likeness (QED) is 0.927. The fourth-order valence-electron chi connectivity index (χ4n) is 1.57. The molecule has 0 aliphatic carbocycles. The first kappa shape index (κ1) is 15.8. The SMILES string of the molecule is Cl.Cl.Clc1cncc(OC[C@@H]2CCCN2)c1. The highest BCUT2D eigenvalue weighted by molar-refractivity contribution is 6.30. The van der Waals surface area contributed by atoms with Crippen molar-refractivity contribution in [3.8, 4) is 5.75 Å². The van der Waals surface area contributed by atoms with E-state index in [4.69, 9.17) is 16.3 Å². The lowest BCUT2D eigenvalue weighted by molar-refractivity contribution is 0.276. The van der Waals surface area contributed by atoms with Crippen LogP contribution in [-0.2, 0) is 0 Å². The Morgan fingerprint density at radius 2 is 2.25 bits per heavy atom. The monoisotopic (exact) mass is 284 g/mol. The standard InChI is InChI=1S/C10H13ClN2O.2ClH/c11-8-4-10(6-12-5-8)14-7-9-2-1-3-13-9;;/h4-6,9,13H,1-3,7H2;2*1H/t9-;;/m0../s1. The molecular weight excluding hydrogens is 270 g/mol. The second kappa shape index (κ2) is 7.96. The molecule has 1 aromatic rings. The third-order valence-electron chi connectivity index (χ3n) is 2.29. The Kier molecular flexibility index (Phi) is 7.85. The summed E-state index contributed by atoms with van der Waals surface area (Å²) in [6.45, 7) is 1.80. The maximum Gasteiger partial charge on any atom is 0.139 e. The van der Waals surface area contributed by atoms with E-state index in [0.717, 1.165) is 12.3 Å². The van der Waals surface area contributed by atoms with Crippen LogP contribution in [0, 0.1) is 0 Å². The Morgan fingerprint density at radius 1 is 1.44 bits per heavy atom. The Bertz CT molecular complexity index is 306. The smallest absolute Gasteiger partial charge is 0.139 e. The van der Waals surface area contributed by atoms with E-state index in [-0.39, 0.29) is 24.8 Å². The molecule has 6 heteroatoms. The van der Waals surface area contributed by atoms with Crippen molar-refractivity contribution in [2.45, 2.75) is 18.9 Å². The van der Waals surface area contributed by atoms with Crippen molar-refractivity contribution in [1.29, 1.82) is 0 Å². The number of nitrogens with one attached hydrogen (secondary N) is 1. The summed E-state index contributed by atoms with van der Waals surface area (Å²) in [5, 5.41) is 3.98. The number of hydrogen-bond acceptors (Lipinski definition) is 3. The highest BCUT2D eigenvalue weighted by atomic mass is 35.5. The van der Waals surface area contributed by atoms with Crippen molar-refractivity contribution in [3.63, 3.8) is 0 Å². The minimum absolute atomic E-state index is 0. The number of aromatic nitrogens is 1. The lowest BCUT2D eigenvalue weighted by Crippen LogP contribution is -2.28. The minimum Gasteiger partial charge on any atom is -0.490 e. The van der Waals surface area contributed by atoms with E-state index >= 15 is 0 Å². The summed E-state index contributed by atoms with van der Waals surface area (Å²) < 4.78 is 5.56. The topological polar surface area (TPSA) is 34.1 Å². The third kappa shape index (κ3) is 4.74. The van der Waals surface area contributed by atoms with Crippen LogP contribution in [0.5, 0.6) is 5.75 Å².